The van der Waals surface area contributed by atoms with Crippen LogP contribution in [0, 0.1) is 83.1 Å². The predicted octanol–water partition coefficient (Wildman–Crippen LogP) is 12.8. The van der Waals surface area contributed by atoms with Crippen molar-refractivity contribution < 1.29 is 0 Å². The Morgan fingerprint density at radius 1 is 0.250 bits per heavy atom. The molecule has 0 saturated carbocycles. The number of hydrogen-bond donors (Lipinski definition) is 0. The van der Waals surface area contributed by atoms with Gasteiger partial charge in [0.1, 0.15) is 0 Å². The third kappa shape index (κ3) is 9.42. The molecular formula is C44H52. The lowest BCUT2D eigenvalue weighted by atomic mass is 10.00. The van der Waals surface area contributed by atoms with Crippen LogP contribution in [-0.2, 0) is 0 Å². The molecule has 0 N–H and O–H groups in total. The van der Waals surface area contributed by atoms with E-state index in [-0.39, 0.29) is 0 Å². The summed E-state index contributed by atoms with van der Waals surface area (Å²) in [6.07, 6.45) is 0. The molecule has 0 saturated heterocycles. The van der Waals surface area contributed by atoms with E-state index < -0.39 is 0 Å². The van der Waals surface area contributed by atoms with Gasteiger partial charge in [-0.2, -0.15) is 0 Å². The third-order valence-electron chi connectivity index (χ3n) is 8.76. The van der Waals surface area contributed by atoms with Crippen molar-refractivity contribution in [3.05, 3.63) is 164 Å². The van der Waals surface area contributed by atoms with Crippen LogP contribution in [0.3, 0.4) is 0 Å². The fourth-order valence-corrected chi connectivity index (χ4v) is 5.21. The second kappa shape index (κ2) is 15.5. The summed E-state index contributed by atoms with van der Waals surface area (Å²) < 4.78 is 0. The van der Waals surface area contributed by atoms with Crippen LogP contribution in [0.2, 0.25) is 0 Å². The maximum absolute atomic E-state index is 2.24. The molecule has 0 heterocycles. The molecule has 44 heavy (non-hydrogen) atoms. The van der Waals surface area contributed by atoms with Gasteiger partial charge in [-0.15, -0.1) is 0 Å². The van der Waals surface area contributed by atoms with Crippen LogP contribution >= 0.6 is 0 Å². The summed E-state index contributed by atoms with van der Waals surface area (Å²) in [6, 6.07) is 35.0. The van der Waals surface area contributed by atoms with E-state index in [1.165, 1.54) is 88.3 Å². The number of benzene rings is 6. The van der Waals surface area contributed by atoms with Crippen LogP contribution in [0.15, 0.2) is 97.1 Å². The number of rotatable bonds is 0. The van der Waals surface area contributed by atoms with Gasteiger partial charge in [0, 0.05) is 0 Å². The van der Waals surface area contributed by atoms with Gasteiger partial charge in [-0.05, 0) is 149 Å². The second-order valence-electron chi connectivity index (χ2n) is 12.6. The normalized spacial score (nSPS) is 10.3. The van der Waals surface area contributed by atoms with E-state index in [4.69, 9.17) is 0 Å². The molecule has 0 spiro atoms. The molecule has 0 unspecified atom stereocenters. The topological polar surface area (TPSA) is 0 Å². The van der Waals surface area contributed by atoms with Crippen LogP contribution < -0.4 is 0 Å². The first-order valence-corrected chi connectivity index (χ1v) is 15.8. The molecule has 0 radical (unpaired) electrons. The molecule has 0 amide bonds. The highest BCUT2D eigenvalue weighted by Crippen LogP contribution is 2.23. The van der Waals surface area contributed by atoms with E-state index in [0.717, 1.165) is 0 Å². The van der Waals surface area contributed by atoms with Gasteiger partial charge in [-0.25, -0.2) is 0 Å². The van der Waals surface area contributed by atoms with Crippen molar-refractivity contribution in [3.8, 4) is 0 Å². The molecule has 0 aromatic heterocycles. The number of aryl methyl sites for hydroxylation is 12. The van der Waals surface area contributed by atoms with E-state index in [1.807, 2.05) is 0 Å². The first kappa shape index (κ1) is 34.3. The van der Waals surface area contributed by atoms with Gasteiger partial charge in [-0.3, -0.25) is 0 Å². The molecule has 0 nitrogen and oxygen atoms in total. The van der Waals surface area contributed by atoms with E-state index in [9.17, 15) is 0 Å². The molecule has 6 rings (SSSR count). The zero-order valence-corrected chi connectivity index (χ0v) is 29.2. The molecule has 0 bridgehead atoms. The minimum absolute atomic E-state index is 1.33. The van der Waals surface area contributed by atoms with Crippen LogP contribution in [0.4, 0.5) is 0 Å². The van der Waals surface area contributed by atoms with Crippen molar-refractivity contribution in [1.29, 1.82) is 0 Å². The highest BCUT2D eigenvalue weighted by Gasteiger charge is 2.00. The Labute approximate surface area is 267 Å². The fraction of sp³-hybridized carbons (Fsp3) is 0.273. The number of fused-ring (bicyclic) bond motifs is 2. The molecule has 6 aromatic carbocycles. The Balaban J connectivity index is 0.000000163. The van der Waals surface area contributed by atoms with Gasteiger partial charge in [-0.1, -0.05) is 119 Å². The molecule has 0 aliphatic heterocycles. The van der Waals surface area contributed by atoms with Crippen LogP contribution in [0.5, 0.6) is 0 Å². The average Bonchev–Trinajstić information content (AvgIpc) is 2.98. The Morgan fingerprint density at radius 3 is 0.864 bits per heavy atom. The summed E-state index contributed by atoms with van der Waals surface area (Å²) in [5.74, 6) is 0. The van der Waals surface area contributed by atoms with Crippen molar-refractivity contribution in [1.82, 2.24) is 0 Å². The van der Waals surface area contributed by atoms with Crippen LogP contribution in [-0.4, -0.2) is 0 Å². The summed E-state index contributed by atoms with van der Waals surface area (Å²) in [6.45, 7) is 25.7. The highest BCUT2D eigenvalue weighted by molar-refractivity contribution is 5.87. The van der Waals surface area contributed by atoms with Gasteiger partial charge < -0.3 is 0 Å². The van der Waals surface area contributed by atoms with Crippen molar-refractivity contribution >= 4 is 21.5 Å². The Hall–Kier alpha value is -4.16. The second-order valence-corrected chi connectivity index (χ2v) is 12.6. The molecule has 0 atom stereocenters. The maximum Gasteiger partial charge on any atom is -0.0152 e. The van der Waals surface area contributed by atoms with E-state index in [2.05, 4.69) is 180 Å². The van der Waals surface area contributed by atoms with Crippen LogP contribution in [0.25, 0.3) is 21.5 Å². The molecular weight excluding hydrogens is 528 g/mol. The lowest BCUT2D eigenvalue weighted by Crippen LogP contribution is -1.83. The van der Waals surface area contributed by atoms with Gasteiger partial charge in [0.05, 0.1) is 0 Å². The summed E-state index contributed by atoms with van der Waals surface area (Å²) in [5, 5.41) is 5.46. The first-order chi connectivity index (χ1) is 20.8. The van der Waals surface area contributed by atoms with E-state index in [1.54, 1.807) is 0 Å². The zero-order valence-electron chi connectivity index (χ0n) is 29.2. The summed E-state index contributed by atoms with van der Waals surface area (Å²) in [4.78, 5) is 0. The molecule has 0 aliphatic carbocycles. The lowest BCUT2D eigenvalue weighted by molar-refractivity contribution is 1.30. The van der Waals surface area contributed by atoms with Gasteiger partial charge in [0.25, 0.3) is 0 Å². The quantitative estimate of drug-likeness (QED) is 0.168. The molecule has 0 fully saturated rings. The van der Waals surface area contributed by atoms with Gasteiger partial charge in [0.2, 0.25) is 0 Å². The van der Waals surface area contributed by atoms with Crippen molar-refractivity contribution in [2.45, 2.75) is 83.1 Å². The van der Waals surface area contributed by atoms with E-state index >= 15 is 0 Å². The smallest absolute Gasteiger partial charge is 0.0152 e. The monoisotopic (exact) mass is 580 g/mol. The number of hydrogen-bond acceptors (Lipinski definition) is 0. The summed E-state index contributed by atoms with van der Waals surface area (Å²) >= 11 is 0. The molecule has 6 aromatic rings. The maximum atomic E-state index is 2.24. The Bertz CT molecular complexity index is 1730. The first-order valence-electron chi connectivity index (χ1n) is 15.8. The standard InChI is InChI=1S/2C13H14.2C9H12/c2*1-9-4-7-13-11(3)10(2)5-6-12(13)8-9;2*1-7-4-5-8(2)9(3)6-7/h2*4-8H,1-3H3;2*4-6H,1-3H3. The Morgan fingerprint density at radius 2 is 0.545 bits per heavy atom. The SMILES string of the molecule is Cc1ccc(C)c(C)c1.Cc1ccc(C)c(C)c1.Cc1ccc2c(C)c(C)ccc2c1.Cc1ccc2c(C)c(C)ccc2c1. The van der Waals surface area contributed by atoms with Crippen molar-refractivity contribution in [3.63, 3.8) is 0 Å². The summed E-state index contributed by atoms with van der Waals surface area (Å²) in [5.41, 5.74) is 16.4. The zero-order chi connectivity index (χ0) is 32.6. The van der Waals surface area contributed by atoms with Gasteiger partial charge >= 0.3 is 0 Å². The molecule has 228 valence electrons. The fourth-order valence-electron chi connectivity index (χ4n) is 5.21. The molecule has 0 heteroatoms. The van der Waals surface area contributed by atoms with Crippen molar-refractivity contribution in [2.75, 3.05) is 0 Å². The van der Waals surface area contributed by atoms with Crippen LogP contribution in [0.1, 0.15) is 66.8 Å². The average molecular weight is 581 g/mol. The highest BCUT2D eigenvalue weighted by atomic mass is 14.1. The minimum Gasteiger partial charge on any atom is -0.0590 e. The van der Waals surface area contributed by atoms with Crippen molar-refractivity contribution in [2.24, 2.45) is 0 Å². The third-order valence-corrected chi connectivity index (χ3v) is 8.76. The van der Waals surface area contributed by atoms with E-state index in [0.29, 0.717) is 0 Å². The predicted molar refractivity (Wildman–Crippen MR) is 198 cm³/mol. The van der Waals surface area contributed by atoms with Gasteiger partial charge in [0.15, 0.2) is 0 Å². The minimum atomic E-state index is 1.33. The lowest BCUT2D eigenvalue weighted by Gasteiger charge is -2.05. The molecule has 0 aliphatic rings. The Kier molecular flexibility index (Phi) is 12.1. The summed E-state index contributed by atoms with van der Waals surface area (Å²) in [7, 11) is 0. The largest absolute Gasteiger partial charge is 0.0590 e.